The third kappa shape index (κ3) is 2.79. The fourth-order valence-electron chi connectivity index (χ4n) is 2.26. The van der Waals surface area contributed by atoms with E-state index in [-0.39, 0.29) is 16.2 Å². The van der Waals surface area contributed by atoms with Gasteiger partial charge in [0, 0.05) is 35.3 Å². The van der Waals surface area contributed by atoms with Gasteiger partial charge in [0.2, 0.25) is 0 Å². The Morgan fingerprint density at radius 1 is 0.875 bits per heavy atom. The highest BCUT2D eigenvalue weighted by atomic mass is 32.1. The molecule has 0 saturated carbocycles. The van der Waals surface area contributed by atoms with Gasteiger partial charge in [-0.25, -0.2) is 0 Å². The largest absolute Gasteiger partial charge is 0.286 e. The zero-order valence-electron chi connectivity index (χ0n) is 12.1. The van der Waals surface area contributed by atoms with Gasteiger partial charge in [-0.3, -0.25) is 30.2 Å². The molecule has 0 saturated heterocycles. The second-order valence-corrected chi connectivity index (χ2v) is 5.70. The Morgan fingerprint density at radius 3 is 1.88 bits per heavy atom. The Kier molecular flexibility index (Phi) is 3.92. The van der Waals surface area contributed by atoms with Crippen LogP contribution in [-0.4, -0.2) is 14.4 Å². The normalized spacial score (nSPS) is 10.5. The topological polar surface area (TPSA) is 115 Å². The molecule has 3 aromatic rings. The lowest BCUT2D eigenvalue weighted by Gasteiger charge is -2.08. The minimum atomic E-state index is -0.485. The van der Waals surface area contributed by atoms with E-state index in [0.717, 1.165) is 0 Å². The Morgan fingerprint density at radius 2 is 1.38 bits per heavy atom. The molecule has 0 bridgehead atoms. The SMILES string of the molecule is N=c1scc(-c2ccc([N+](=O)[O-])cc2)n1-c1ccc([N+](=O)[O-])cc1. The highest BCUT2D eigenvalue weighted by molar-refractivity contribution is 7.07. The maximum Gasteiger partial charge on any atom is 0.269 e. The molecule has 0 fully saturated rings. The highest BCUT2D eigenvalue weighted by Crippen LogP contribution is 2.26. The number of hydrogen-bond acceptors (Lipinski definition) is 6. The number of rotatable bonds is 4. The Hall–Kier alpha value is -3.33. The summed E-state index contributed by atoms with van der Waals surface area (Å²) in [5, 5.41) is 31.3. The molecule has 120 valence electrons. The predicted molar refractivity (Wildman–Crippen MR) is 88.2 cm³/mol. The quantitative estimate of drug-likeness (QED) is 0.577. The van der Waals surface area contributed by atoms with Crippen molar-refractivity contribution in [1.82, 2.24) is 4.57 Å². The Balaban J connectivity index is 2.07. The minimum Gasteiger partial charge on any atom is -0.286 e. The van der Waals surface area contributed by atoms with Crippen molar-refractivity contribution in [3.05, 3.63) is 78.9 Å². The molecule has 0 aliphatic carbocycles. The minimum absolute atomic E-state index is 0.0121. The van der Waals surface area contributed by atoms with Gasteiger partial charge in [-0.2, -0.15) is 0 Å². The van der Waals surface area contributed by atoms with E-state index >= 15 is 0 Å². The van der Waals surface area contributed by atoms with Crippen molar-refractivity contribution in [3.63, 3.8) is 0 Å². The molecule has 9 heteroatoms. The fourth-order valence-corrected chi connectivity index (χ4v) is 3.03. The van der Waals surface area contributed by atoms with Gasteiger partial charge < -0.3 is 0 Å². The zero-order valence-corrected chi connectivity index (χ0v) is 12.9. The van der Waals surface area contributed by atoms with Gasteiger partial charge in [0.25, 0.3) is 11.4 Å². The van der Waals surface area contributed by atoms with Crippen LogP contribution in [0.1, 0.15) is 0 Å². The number of hydrogen-bond donors (Lipinski definition) is 1. The lowest BCUT2D eigenvalue weighted by atomic mass is 10.1. The third-order valence-electron chi connectivity index (χ3n) is 3.42. The highest BCUT2D eigenvalue weighted by Gasteiger charge is 2.12. The summed E-state index contributed by atoms with van der Waals surface area (Å²) in [4.78, 5) is 20.8. The Labute approximate surface area is 139 Å². The summed E-state index contributed by atoms with van der Waals surface area (Å²) in [6.07, 6.45) is 0. The van der Waals surface area contributed by atoms with Crippen molar-refractivity contribution in [1.29, 1.82) is 5.41 Å². The first-order valence-electron chi connectivity index (χ1n) is 6.72. The van der Waals surface area contributed by atoms with E-state index in [1.54, 1.807) is 34.2 Å². The van der Waals surface area contributed by atoms with Crippen LogP contribution < -0.4 is 4.80 Å². The van der Waals surface area contributed by atoms with Crippen LogP contribution in [0.5, 0.6) is 0 Å². The van der Waals surface area contributed by atoms with Crippen LogP contribution in [0.2, 0.25) is 0 Å². The van der Waals surface area contributed by atoms with Crippen molar-refractivity contribution in [2.75, 3.05) is 0 Å². The van der Waals surface area contributed by atoms with Gasteiger partial charge in [0.1, 0.15) is 0 Å². The van der Waals surface area contributed by atoms with Crippen LogP contribution in [-0.2, 0) is 0 Å². The smallest absolute Gasteiger partial charge is 0.269 e. The second kappa shape index (κ2) is 6.05. The number of aromatic nitrogens is 1. The van der Waals surface area contributed by atoms with E-state index in [9.17, 15) is 20.2 Å². The molecule has 2 aromatic carbocycles. The third-order valence-corrected chi connectivity index (χ3v) is 4.17. The lowest BCUT2D eigenvalue weighted by molar-refractivity contribution is -0.385. The maximum absolute atomic E-state index is 10.7. The molecule has 0 radical (unpaired) electrons. The number of nitro benzene ring substituents is 2. The van der Waals surface area contributed by atoms with E-state index in [1.165, 1.54) is 35.6 Å². The molecule has 0 unspecified atom stereocenters. The summed E-state index contributed by atoms with van der Waals surface area (Å²) in [6.45, 7) is 0. The molecule has 0 spiro atoms. The summed E-state index contributed by atoms with van der Waals surface area (Å²) in [5.41, 5.74) is 1.97. The lowest BCUT2D eigenvalue weighted by Crippen LogP contribution is -2.12. The maximum atomic E-state index is 10.7. The first kappa shape index (κ1) is 15.6. The number of benzene rings is 2. The van der Waals surface area contributed by atoms with Gasteiger partial charge >= 0.3 is 0 Å². The molecule has 1 aromatic heterocycles. The average molecular weight is 342 g/mol. The van der Waals surface area contributed by atoms with Gasteiger partial charge in [-0.1, -0.05) is 0 Å². The van der Waals surface area contributed by atoms with Crippen molar-refractivity contribution < 1.29 is 9.85 Å². The summed E-state index contributed by atoms with van der Waals surface area (Å²) in [5.74, 6) is 0. The van der Waals surface area contributed by atoms with E-state index in [0.29, 0.717) is 16.9 Å². The van der Waals surface area contributed by atoms with Crippen LogP contribution in [0.4, 0.5) is 11.4 Å². The summed E-state index contributed by atoms with van der Waals surface area (Å²) < 4.78 is 1.63. The molecule has 8 nitrogen and oxygen atoms in total. The van der Waals surface area contributed by atoms with Crippen molar-refractivity contribution in [2.45, 2.75) is 0 Å². The van der Waals surface area contributed by atoms with Crippen molar-refractivity contribution in [3.8, 4) is 16.9 Å². The number of nitrogens with zero attached hydrogens (tertiary/aromatic N) is 3. The van der Waals surface area contributed by atoms with Crippen LogP contribution in [0.3, 0.4) is 0 Å². The van der Waals surface area contributed by atoms with Crippen LogP contribution in [0, 0.1) is 25.6 Å². The monoisotopic (exact) mass is 342 g/mol. The summed E-state index contributed by atoms with van der Waals surface area (Å²) >= 11 is 1.20. The fraction of sp³-hybridized carbons (Fsp3) is 0. The van der Waals surface area contributed by atoms with Crippen molar-refractivity contribution >= 4 is 22.7 Å². The van der Waals surface area contributed by atoms with Crippen LogP contribution >= 0.6 is 11.3 Å². The van der Waals surface area contributed by atoms with Crippen LogP contribution in [0.25, 0.3) is 16.9 Å². The molecule has 1 N–H and O–H groups in total. The standard InChI is InChI=1S/C15H10N4O4S/c16-15-17(11-5-7-13(8-6-11)19(22)23)14(9-24-15)10-1-3-12(4-2-10)18(20)21/h1-9,16H. The van der Waals surface area contributed by atoms with Crippen LogP contribution in [0.15, 0.2) is 53.9 Å². The molecule has 0 aliphatic heterocycles. The Bertz CT molecular complexity index is 974. The molecular formula is C15H10N4O4S. The van der Waals surface area contributed by atoms with E-state index in [2.05, 4.69) is 0 Å². The van der Waals surface area contributed by atoms with Gasteiger partial charge in [0.15, 0.2) is 4.80 Å². The van der Waals surface area contributed by atoms with E-state index in [4.69, 9.17) is 5.41 Å². The van der Waals surface area contributed by atoms with Gasteiger partial charge in [0.05, 0.1) is 15.5 Å². The molecule has 0 amide bonds. The molecule has 1 heterocycles. The summed E-state index contributed by atoms with van der Waals surface area (Å²) in [6, 6.07) is 11.9. The predicted octanol–water partition coefficient (Wildman–Crippen LogP) is 3.50. The van der Waals surface area contributed by atoms with Gasteiger partial charge in [-0.05, 0) is 29.8 Å². The van der Waals surface area contributed by atoms with Crippen molar-refractivity contribution in [2.24, 2.45) is 0 Å². The number of nitro groups is 2. The number of non-ortho nitro benzene ring substituents is 2. The number of thiazole rings is 1. The average Bonchev–Trinajstić information content (AvgIpc) is 2.96. The van der Waals surface area contributed by atoms with E-state index < -0.39 is 9.85 Å². The first-order chi connectivity index (χ1) is 11.5. The van der Waals surface area contributed by atoms with Gasteiger partial charge in [-0.15, -0.1) is 11.3 Å². The molecule has 0 aliphatic rings. The molecular weight excluding hydrogens is 332 g/mol. The summed E-state index contributed by atoms with van der Waals surface area (Å²) in [7, 11) is 0. The molecule has 24 heavy (non-hydrogen) atoms. The second-order valence-electron chi connectivity index (χ2n) is 4.84. The molecule has 0 atom stereocenters. The zero-order chi connectivity index (χ0) is 17.3. The van der Waals surface area contributed by atoms with E-state index in [1.807, 2.05) is 0 Å². The number of nitrogens with one attached hydrogen (secondary N) is 1. The molecule has 3 rings (SSSR count). The first-order valence-corrected chi connectivity index (χ1v) is 7.60.